The largest absolute Gasteiger partial charge is 0.357 e. The summed E-state index contributed by atoms with van der Waals surface area (Å²) in [6.07, 6.45) is 1.75. The Morgan fingerprint density at radius 3 is 2.78 bits per heavy atom. The molecule has 0 aliphatic heterocycles. The Labute approximate surface area is 163 Å². The molecule has 0 bridgehead atoms. The van der Waals surface area contributed by atoms with Crippen molar-refractivity contribution in [2.75, 3.05) is 13.1 Å². The fraction of sp³-hybridized carbons (Fsp3) is 0.375. The standard InChI is InChI=1S/C16H21ClN4S.HI/c1-3-18-16(20-8-12(2)14-6-7-22-11-14)21-10-13-4-5-15(17)19-9-13;/h4-7,9,11-12H,3,8,10H2,1-2H3,(H2,18,20,21);1H. The smallest absolute Gasteiger partial charge is 0.191 e. The van der Waals surface area contributed by atoms with Gasteiger partial charge < -0.3 is 10.6 Å². The molecule has 0 aliphatic rings. The minimum atomic E-state index is 0. The highest BCUT2D eigenvalue weighted by Crippen LogP contribution is 2.17. The predicted molar refractivity (Wildman–Crippen MR) is 110 cm³/mol. The highest BCUT2D eigenvalue weighted by molar-refractivity contribution is 14.0. The molecule has 0 saturated heterocycles. The second kappa shape index (κ2) is 10.8. The number of pyridine rings is 1. The number of rotatable bonds is 6. The third-order valence-corrected chi connectivity index (χ3v) is 4.17. The molecule has 1 unspecified atom stereocenters. The van der Waals surface area contributed by atoms with Crippen LogP contribution in [0.4, 0.5) is 0 Å². The molecule has 2 aromatic heterocycles. The zero-order valence-electron chi connectivity index (χ0n) is 13.3. The quantitative estimate of drug-likeness (QED) is 0.290. The number of aliphatic imine (C=N–C) groups is 1. The molecule has 2 heterocycles. The minimum Gasteiger partial charge on any atom is -0.357 e. The molecule has 0 amide bonds. The predicted octanol–water partition coefficient (Wildman–Crippen LogP) is 4.27. The Morgan fingerprint density at radius 2 is 2.17 bits per heavy atom. The molecule has 7 heteroatoms. The van der Waals surface area contributed by atoms with Crippen LogP contribution in [0.2, 0.25) is 5.15 Å². The SMILES string of the molecule is CCNC(=NCc1ccc(Cl)nc1)NCC(C)c1ccsc1.I. The maximum absolute atomic E-state index is 5.79. The van der Waals surface area contributed by atoms with Gasteiger partial charge in [0.2, 0.25) is 0 Å². The number of nitrogens with zero attached hydrogens (tertiary/aromatic N) is 2. The Kier molecular flexibility index (Phi) is 9.50. The van der Waals surface area contributed by atoms with Crippen LogP contribution in [-0.4, -0.2) is 24.0 Å². The second-order valence-corrected chi connectivity index (χ2v) is 6.19. The summed E-state index contributed by atoms with van der Waals surface area (Å²) >= 11 is 7.52. The average molecular weight is 465 g/mol. The number of thiophene rings is 1. The van der Waals surface area contributed by atoms with Crippen LogP contribution < -0.4 is 10.6 Å². The molecule has 2 aromatic rings. The Bertz CT molecular complexity index is 587. The summed E-state index contributed by atoms with van der Waals surface area (Å²) in [6, 6.07) is 5.89. The maximum Gasteiger partial charge on any atom is 0.191 e. The number of hydrogen-bond donors (Lipinski definition) is 2. The normalized spacial score (nSPS) is 12.4. The molecule has 0 aliphatic carbocycles. The summed E-state index contributed by atoms with van der Waals surface area (Å²) in [5, 5.41) is 11.4. The Hall–Kier alpha value is -0.860. The lowest BCUT2D eigenvalue weighted by Crippen LogP contribution is -2.39. The topological polar surface area (TPSA) is 49.3 Å². The fourth-order valence-corrected chi connectivity index (χ4v) is 2.83. The van der Waals surface area contributed by atoms with Crippen LogP contribution in [-0.2, 0) is 6.54 Å². The number of halogens is 2. The van der Waals surface area contributed by atoms with Crippen molar-refractivity contribution in [2.45, 2.75) is 26.3 Å². The van der Waals surface area contributed by atoms with Gasteiger partial charge in [0, 0.05) is 19.3 Å². The van der Waals surface area contributed by atoms with E-state index in [1.54, 1.807) is 23.6 Å². The van der Waals surface area contributed by atoms with E-state index in [9.17, 15) is 0 Å². The van der Waals surface area contributed by atoms with Crippen molar-refractivity contribution in [3.63, 3.8) is 0 Å². The first-order valence-electron chi connectivity index (χ1n) is 7.33. The first kappa shape index (κ1) is 20.2. The fourth-order valence-electron chi connectivity index (χ4n) is 1.94. The molecule has 2 rings (SSSR count). The monoisotopic (exact) mass is 464 g/mol. The van der Waals surface area contributed by atoms with Gasteiger partial charge in [-0.3, -0.25) is 0 Å². The molecule has 2 N–H and O–H groups in total. The van der Waals surface area contributed by atoms with E-state index in [4.69, 9.17) is 11.6 Å². The van der Waals surface area contributed by atoms with E-state index in [2.05, 4.69) is 51.3 Å². The maximum atomic E-state index is 5.79. The third-order valence-electron chi connectivity index (χ3n) is 3.24. The van der Waals surface area contributed by atoms with Gasteiger partial charge in [0.1, 0.15) is 5.15 Å². The highest BCUT2D eigenvalue weighted by atomic mass is 127. The van der Waals surface area contributed by atoms with Gasteiger partial charge in [0.05, 0.1) is 6.54 Å². The van der Waals surface area contributed by atoms with Gasteiger partial charge in [-0.2, -0.15) is 11.3 Å². The van der Waals surface area contributed by atoms with Crippen LogP contribution in [0.25, 0.3) is 0 Å². The minimum absolute atomic E-state index is 0. The molecule has 0 radical (unpaired) electrons. The zero-order valence-corrected chi connectivity index (χ0v) is 17.2. The van der Waals surface area contributed by atoms with Crippen molar-refractivity contribution in [3.8, 4) is 0 Å². The zero-order chi connectivity index (χ0) is 15.8. The van der Waals surface area contributed by atoms with Gasteiger partial charge in [0.25, 0.3) is 0 Å². The van der Waals surface area contributed by atoms with E-state index in [1.807, 2.05) is 6.07 Å². The number of guanidine groups is 1. The number of nitrogens with one attached hydrogen (secondary N) is 2. The van der Waals surface area contributed by atoms with Crippen molar-refractivity contribution < 1.29 is 0 Å². The van der Waals surface area contributed by atoms with Crippen LogP contribution in [0.1, 0.15) is 30.9 Å². The summed E-state index contributed by atoms with van der Waals surface area (Å²) in [5.41, 5.74) is 2.39. The van der Waals surface area contributed by atoms with Crippen LogP contribution in [0.3, 0.4) is 0 Å². The Morgan fingerprint density at radius 1 is 1.35 bits per heavy atom. The third kappa shape index (κ3) is 7.05. The molecule has 4 nitrogen and oxygen atoms in total. The van der Waals surface area contributed by atoms with Crippen molar-refractivity contribution in [3.05, 3.63) is 51.4 Å². The van der Waals surface area contributed by atoms with E-state index in [1.165, 1.54) is 5.56 Å². The van der Waals surface area contributed by atoms with Crippen molar-refractivity contribution in [1.82, 2.24) is 15.6 Å². The van der Waals surface area contributed by atoms with Gasteiger partial charge in [0.15, 0.2) is 5.96 Å². The number of hydrogen-bond acceptors (Lipinski definition) is 3. The van der Waals surface area contributed by atoms with E-state index in [-0.39, 0.29) is 24.0 Å². The second-order valence-electron chi connectivity index (χ2n) is 5.02. The van der Waals surface area contributed by atoms with E-state index in [0.717, 1.165) is 24.6 Å². The molecule has 0 saturated carbocycles. The van der Waals surface area contributed by atoms with Gasteiger partial charge >= 0.3 is 0 Å². The molecular formula is C16H22ClIN4S. The molecule has 126 valence electrons. The van der Waals surface area contributed by atoms with Crippen LogP contribution in [0, 0.1) is 0 Å². The lowest BCUT2D eigenvalue weighted by Gasteiger charge is -2.15. The number of aromatic nitrogens is 1. The first-order valence-corrected chi connectivity index (χ1v) is 8.65. The average Bonchev–Trinajstić information content (AvgIpc) is 3.06. The molecular weight excluding hydrogens is 443 g/mol. The lowest BCUT2D eigenvalue weighted by atomic mass is 10.1. The van der Waals surface area contributed by atoms with Gasteiger partial charge in [-0.25, -0.2) is 9.98 Å². The van der Waals surface area contributed by atoms with Crippen LogP contribution >= 0.6 is 46.9 Å². The molecule has 23 heavy (non-hydrogen) atoms. The van der Waals surface area contributed by atoms with Gasteiger partial charge in [-0.05, 0) is 46.9 Å². The summed E-state index contributed by atoms with van der Waals surface area (Å²) in [4.78, 5) is 8.65. The van der Waals surface area contributed by atoms with Crippen molar-refractivity contribution in [1.29, 1.82) is 0 Å². The highest BCUT2D eigenvalue weighted by Gasteiger charge is 2.07. The molecule has 0 spiro atoms. The van der Waals surface area contributed by atoms with Crippen LogP contribution in [0.5, 0.6) is 0 Å². The summed E-state index contributed by atoms with van der Waals surface area (Å²) in [6.45, 7) is 6.52. The van der Waals surface area contributed by atoms with Gasteiger partial charge in [-0.15, -0.1) is 24.0 Å². The summed E-state index contributed by atoms with van der Waals surface area (Å²) in [5.74, 6) is 1.27. The molecule has 0 aromatic carbocycles. The van der Waals surface area contributed by atoms with E-state index >= 15 is 0 Å². The van der Waals surface area contributed by atoms with Crippen molar-refractivity contribution >= 4 is 52.9 Å². The first-order chi connectivity index (χ1) is 10.7. The summed E-state index contributed by atoms with van der Waals surface area (Å²) < 4.78 is 0. The van der Waals surface area contributed by atoms with E-state index < -0.39 is 0 Å². The lowest BCUT2D eigenvalue weighted by molar-refractivity contribution is 0.701. The summed E-state index contributed by atoms with van der Waals surface area (Å²) in [7, 11) is 0. The van der Waals surface area contributed by atoms with Gasteiger partial charge in [-0.1, -0.05) is 24.6 Å². The molecule has 1 atom stereocenters. The van der Waals surface area contributed by atoms with Crippen molar-refractivity contribution in [2.24, 2.45) is 4.99 Å². The Balaban J connectivity index is 0.00000264. The van der Waals surface area contributed by atoms with Crippen LogP contribution in [0.15, 0.2) is 40.1 Å². The molecule has 0 fully saturated rings. The van der Waals surface area contributed by atoms with E-state index in [0.29, 0.717) is 17.6 Å².